The quantitative estimate of drug-likeness (QED) is 0.641. The predicted molar refractivity (Wildman–Crippen MR) is 82.3 cm³/mol. The van der Waals surface area contributed by atoms with Gasteiger partial charge < -0.3 is 11.1 Å². The molecule has 1 aliphatic carbocycles. The van der Waals surface area contributed by atoms with Gasteiger partial charge in [-0.05, 0) is 25.2 Å². The Hall–Kier alpha value is -1.63. The molecular weight excluding hydrogens is 270 g/mol. The monoisotopic (exact) mass is 295 g/mol. The Morgan fingerprint density at radius 1 is 1.57 bits per heavy atom. The molecule has 1 heterocycles. The smallest absolute Gasteiger partial charge is 0.333 e. The lowest BCUT2D eigenvalue weighted by Crippen LogP contribution is -2.52. The minimum atomic E-state index is -0.341. The van der Waals surface area contributed by atoms with Gasteiger partial charge in [0.15, 0.2) is 0 Å². The van der Waals surface area contributed by atoms with Gasteiger partial charge in [-0.1, -0.05) is 26.7 Å². The summed E-state index contributed by atoms with van der Waals surface area (Å²) in [6.07, 6.45) is 4.86. The molecule has 2 unspecified atom stereocenters. The Morgan fingerprint density at radius 3 is 2.81 bits per heavy atom. The lowest BCUT2D eigenvalue weighted by Gasteiger charge is -2.43. The first-order valence-corrected chi connectivity index (χ1v) is 7.63. The molecule has 1 aromatic rings. The Balaban J connectivity index is 2.42. The zero-order chi connectivity index (χ0) is 15.6. The molecule has 0 aromatic carbocycles. The van der Waals surface area contributed by atoms with Crippen molar-refractivity contribution in [1.82, 2.24) is 9.78 Å². The van der Waals surface area contributed by atoms with E-state index in [2.05, 4.69) is 17.3 Å². The number of rotatable bonds is 5. The summed E-state index contributed by atoms with van der Waals surface area (Å²) in [4.78, 5) is 11.1. The second-order valence-corrected chi connectivity index (χ2v) is 6.01. The van der Waals surface area contributed by atoms with Gasteiger partial charge in [-0.25, -0.2) is 4.68 Å². The number of hydrogen-bond donors (Lipinski definition) is 2. The van der Waals surface area contributed by atoms with Crippen LogP contribution in [-0.2, 0) is 13.5 Å². The number of nitrogens with two attached hydrogens (primary N) is 1. The van der Waals surface area contributed by atoms with Crippen molar-refractivity contribution in [3.05, 3.63) is 15.8 Å². The number of anilines is 1. The number of hydrogen-bond acceptors (Lipinski definition) is 5. The van der Waals surface area contributed by atoms with E-state index in [1.54, 1.807) is 11.7 Å². The standard InChI is InChI=1S/C14H25N5O2/c1-4-11-12(19(20)21)13(18(3)17-11)16-14(9-15)8-6-5-7-10(14)2/h10,16H,4-9,15H2,1-3H3. The average Bonchev–Trinajstić information content (AvgIpc) is 2.78. The van der Waals surface area contributed by atoms with Crippen LogP contribution in [0.1, 0.15) is 45.2 Å². The van der Waals surface area contributed by atoms with Crippen molar-refractivity contribution >= 4 is 11.5 Å². The van der Waals surface area contributed by atoms with Crippen LogP contribution >= 0.6 is 0 Å². The second-order valence-electron chi connectivity index (χ2n) is 6.01. The molecule has 7 heteroatoms. The van der Waals surface area contributed by atoms with Crippen molar-refractivity contribution in [1.29, 1.82) is 0 Å². The topological polar surface area (TPSA) is 99.0 Å². The summed E-state index contributed by atoms with van der Waals surface area (Å²) in [6.45, 7) is 4.51. The highest BCUT2D eigenvalue weighted by molar-refractivity contribution is 5.61. The van der Waals surface area contributed by atoms with E-state index in [0.29, 0.717) is 30.4 Å². The minimum absolute atomic E-state index is 0.0885. The SMILES string of the molecule is CCc1nn(C)c(NC2(CN)CCCCC2C)c1[N+](=O)[O-]. The Kier molecular flexibility index (Phi) is 4.51. The van der Waals surface area contributed by atoms with Crippen LogP contribution in [0, 0.1) is 16.0 Å². The highest BCUT2D eigenvalue weighted by Crippen LogP contribution is 2.38. The lowest BCUT2D eigenvalue weighted by atomic mass is 9.73. The van der Waals surface area contributed by atoms with Crippen LogP contribution in [0.15, 0.2) is 0 Å². The first kappa shape index (κ1) is 15.8. The van der Waals surface area contributed by atoms with Gasteiger partial charge in [-0.3, -0.25) is 10.1 Å². The molecule has 1 aromatic heterocycles. The Bertz CT molecular complexity index is 528. The lowest BCUT2D eigenvalue weighted by molar-refractivity contribution is -0.384. The number of aromatic nitrogens is 2. The summed E-state index contributed by atoms with van der Waals surface area (Å²) >= 11 is 0. The first-order chi connectivity index (χ1) is 9.95. The largest absolute Gasteiger partial charge is 0.358 e. The maximum absolute atomic E-state index is 11.4. The average molecular weight is 295 g/mol. The number of nitrogens with zero attached hydrogens (tertiary/aromatic N) is 3. The predicted octanol–water partition coefficient (Wildman–Crippen LogP) is 2.21. The molecule has 21 heavy (non-hydrogen) atoms. The Morgan fingerprint density at radius 2 is 2.29 bits per heavy atom. The van der Waals surface area contributed by atoms with E-state index < -0.39 is 0 Å². The van der Waals surface area contributed by atoms with Gasteiger partial charge in [0.05, 0.1) is 10.5 Å². The second kappa shape index (κ2) is 6.01. The van der Waals surface area contributed by atoms with Crippen LogP contribution in [0.3, 0.4) is 0 Å². The number of aryl methyl sites for hydroxylation is 2. The first-order valence-electron chi connectivity index (χ1n) is 7.63. The van der Waals surface area contributed by atoms with Gasteiger partial charge in [0.2, 0.25) is 5.82 Å². The van der Waals surface area contributed by atoms with E-state index in [1.165, 1.54) is 6.42 Å². The molecule has 3 N–H and O–H groups in total. The molecule has 1 fully saturated rings. The summed E-state index contributed by atoms with van der Waals surface area (Å²) in [5, 5.41) is 19.1. The van der Waals surface area contributed by atoms with E-state index in [0.717, 1.165) is 19.3 Å². The van der Waals surface area contributed by atoms with Crippen LogP contribution in [0.2, 0.25) is 0 Å². The molecule has 0 radical (unpaired) electrons. The number of nitro groups is 1. The van der Waals surface area contributed by atoms with Crippen molar-refractivity contribution in [3.8, 4) is 0 Å². The fourth-order valence-electron chi connectivity index (χ4n) is 3.33. The van der Waals surface area contributed by atoms with E-state index in [4.69, 9.17) is 5.73 Å². The van der Waals surface area contributed by atoms with Gasteiger partial charge in [-0.15, -0.1) is 0 Å². The summed E-state index contributed by atoms with van der Waals surface area (Å²) < 4.78 is 1.58. The molecule has 7 nitrogen and oxygen atoms in total. The maximum atomic E-state index is 11.4. The minimum Gasteiger partial charge on any atom is -0.358 e. The molecule has 0 spiro atoms. The third kappa shape index (κ3) is 2.74. The normalized spacial score (nSPS) is 25.8. The fourth-order valence-corrected chi connectivity index (χ4v) is 3.33. The molecule has 2 rings (SSSR count). The van der Waals surface area contributed by atoms with Crippen LogP contribution < -0.4 is 11.1 Å². The van der Waals surface area contributed by atoms with E-state index >= 15 is 0 Å². The van der Waals surface area contributed by atoms with Crippen LogP contribution in [0.4, 0.5) is 11.5 Å². The molecule has 118 valence electrons. The van der Waals surface area contributed by atoms with Crippen LogP contribution in [-0.4, -0.2) is 26.8 Å². The van der Waals surface area contributed by atoms with Crippen molar-refractivity contribution < 1.29 is 4.92 Å². The van der Waals surface area contributed by atoms with Gasteiger partial charge in [0.25, 0.3) is 0 Å². The number of nitrogens with one attached hydrogen (secondary N) is 1. The molecule has 0 amide bonds. The molecule has 2 atom stereocenters. The molecule has 1 aliphatic rings. The van der Waals surface area contributed by atoms with Gasteiger partial charge in [-0.2, -0.15) is 5.10 Å². The highest BCUT2D eigenvalue weighted by atomic mass is 16.6. The molecule has 0 saturated heterocycles. The summed E-state index contributed by atoms with van der Waals surface area (Å²) in [5.74, 6) is 0.867. The molecule has 0 bridgehead atoms. The van der Waals surface area contributed by atoms with Gasteiger partial charge in [0, 0.05) is 13.6 Å². The van der Waals surface area contributed by atoms with E-state index in [-0.39, 0.29) is 16.1 Å². The highest BCUT2D eigenvalue weighted by Gasteiger charge is 2.40. The molecule has 1 saturated carbocycles. The molecular formula is C14H25N5O2. The summed E-state index contributed by atoms with van der Waals surface area (Å²) in [5.41, 5.74) is 6.36. The van der Waals surface area contributed by atoms with Crippen molar-refractivity contribution in [2.75, 3.05) is 11.9 Å². The third-order valence-electron chi connectivity index (χ3n) is 4.79. The summed E-state index contributed by atoms with van der Waals surface area (Å²) in [7, 11) is 1.74. The maximum Gasteiger partial charge on any atom is 0.333 e. The van der Waals surface area contributed by atoms with Gasteiger partial charge in [0.1, 0.15) is 5.69 Å². The van der Waals surface area contributed by atoms with Crippen molar-refractivity contribution in [2.24, 2.45) is 18.7 Å². The van der Waals surface area contributed by atoms with E-state index in [9.17, 15) is 10.1 Å². The van der Waals surface area contributed by atoms with Crippen LogP contribution in [0.5, 0.6) is 0 Å². The Labute approximate surface area is 125 Å². The van der Waals surface area contributed by atoms with Crippen LogP contribution in [0.25, 0.3) is 0 Å². The third-order valence-corrected chi connectivity index (χ3v) is 4.79. The fraction of sp³-hybridized carbons (Fsp3) is 0.786. The van der Waals surface area contributed by atoms with Crippen molar-refractivity contribution in [2.45, 2.75) is 51.5 Å². The van der Waals surface area contributed by atoms with Crippen molar-refractivity contribution in [3.63, 3.8) is 0 Å². The zero-order valence-electron chi connectivity index (χ0n) is 13.1. The zero-order valence-corrected chi connectivity index (χ0v) is 13.1. The van der Waals surface area contributed by atoms with E-state index in [1.807, 2.05) is 6.92 Å². The summed E-state index contributed by atoms with van der Waals surface area (Å²) in [6, 6.07) is 0. The molecule has 0 aliphatic heterocycles. The van der Waals surface area contributed by atoms with Gasteiger partial charge >= 0.3 is 5.69 Å².